The first-order chi connectivity index (χ1) is 12.2. The molecule has 1 aromatic carbocycles. The maximum Gasteiger partial charge on any atom is 0.113 e. The first kappa shape index (κ1) is 24.4. The molecular weight excluding hydrogens is 377 g/mol. The molecule has 2 fully saturated rings. The number of piperidine rings is 1. The van der Waals surface area contributed by atoms with Crippen LogP contribution in [0, 0.1) is 5.92 Å². The van der Waals surface area contributed by atoms with Crippen molar-refractivity contribution in [3.63, 3.8) is 0 Å². The Balaban J connectivity index is 0.000000680. The molecule has 0 amide bonds. The molecule has 0 spiro atoms. The van der Waals surface area contributed by atoms with E-state index in [4.69, 9.17) is 43.0 Å². The summed E-state index contributed by atoms with van der Waals surface area (Å²) in [6.07, 6.45) is 2.41. The lowest BCUT2D eigenvalue weighted by molar-refractivity contribution is -0.0987. The number of hydrogen-bond donors (Lipinski definition) is 2. The first-order valence-electron chi connectivity index (χ1n) is 7.96. The second-order valence-corrected chi connectivity index (χ2v) is 7.85. The Morgan fingerprint density at radius 3 is 2.04 bits per heavy atom. The Morgan fingerprint density at radius 1 is 1.12 bits per heavy atom. The lowest BCUT2D eigenvalue weighted by Gasteiger charge is -2.34. The highest BCUT2D eigenvalue weighted by atomic mass is 35.5. The van der Waals surface area contributed by atoms with Gasteiger partial charge in [0.1, 0.15) is 26.1 Å². The summed E-state index contributed by atoms with van der Waals surface area (Å²) >= 11 is 12.2. The molecule has 3 rings (SSSR count). The van der Waals surface area contributed by atoms with Crippen LogP contribution in [0.5, 0.6) is 0 Å². The maximum atomic E-state index is 8.00. The molecular formula is C19H27Cl2NO4. The number of fused-ring (bicyclic) bond motifs is 1. The molecule has 1 saturated carbocycles. The zero-order chi connectivity index (χ0) is 20.5. The highest BCUT2D eigenvalue weighted by Crippen LogP contribution is 2.60. The lowest BCUT2D eigenvalue weighted by atomic mass is 9.94. The summed E-state index contributed by atoms with van der Waals surface area (Å²) in [5, 5.41) is 16.2. The molecule has 146 valence electrons. The predicted molar refractivity (Wildman–Crippen MR) is 106 cm³/mol. The van der Waals surface area contributed by atoms with Gasteiger partial charge in [0.05, 0.1) is 10.0 Å². The molecule has 2 atom stereocenters. The Hall–Kier alpha value is -1.56. The number of aliphatic hydroxyl groups is 2. The van der Waals surface area contributed by atoms with Crippen molar-refractivity contribution in [1.29, 1.82) is 0 Å². The minimum Gasteiger partial charge on any atom is -0.512 e. The summed E-state index contributed by atoms with van der Waals surface area (Å²) in [6.45, 7) is 13.2. The van der Waals surface area contributed by atoms with Crippen molar-refractivity contribution in [2.75, 3.05) is 13.1 Å². The topological polar surface area (TPSA) is 77.8 Å². The van der Waals surface area contributed by atoms with Crippen LogP contribution in [0.3, 0.4) is 0 Å². The summed E-state index contributed by atoms with van der Waals surface area (Å²) < 4.78 is 0. The van der Waals surface area contributed by atoms with Crippen molar-refractivity contribution in [3.05, 3.63) is 46.3 Å². The van der Waals surface area contributed by atoms with E-state index in [0.29, 0.717) is 28.0 Å². The molecule has 1 aliphatic carbocycles. The zero-order valence-electron chi connectivity index (χ0n) is 15.4. The largest absolute Gasteiger partial charge is 0.512 e. The van der Waals surface area contributed by atoms with Gasteiger partial charge in [0.2, 0.25) is 0 Å². The number of carbonyl (C=O) groups excluding carboxylic acids is 2. The average Bonchev–Trinajstić information content (AvgIpc) is 3.21. The van der Waals surface area contributed by atoms with Crippen molar-refractivity contribution in [3.8, 4) is 0 Å². The number of aliphatic hydroxyl groups excluding tert-OH is 2. The average molecular weight is 404 g/mol. The van der Waals surface area contributed by atoms with Gasteiger partial charge in [-0.3, -0.25) is 4.90 Å². The third-order valence-corrected chi connectivity index (χ3v) is 5.39. The summed E-state index contributed by atoms with van der Waals surface area (Å²) in [4.78, 5) is 18.6. The van der Waals surface area contributed by atoms with E-state index in [1.165, 1.54) is 18.5 Å². The summed E-state index contributed by atoms with van der Waals surface area (Å²) in [7, 11) is 0. The van der Waals surface area contributed by atoms with Crippen LogP contribution in [-0.4, -0.2) is 47.3 Å². The van der Waals surface area contributed by atoms with Crippen LogP contribution in [0.1, 0.15) is 32.8 Å². The summed E-state index contributed by atoms with van der Waals surface area (Å²) in [5.74, 6) is 0.800. The minimum absolute atomic E-state index is 0.261. The second kappa shape index (κ2) is 10.6. The molecule has 1 heterocycles. The molecule has 26 heavy (non-hydrogen) atoms. The van der Waals surface area contributed by atoms with Crippen molar-refractivity contribution in [2.24, 2.45) is 5.92 Å². The molecule has 7 heteroatoms. The van der Waals surface area contributed by atoms with Crippen LogP contribution in [0.25, 0.3) is 0 Å². The number of hydrogen-bond acceptors (Lipinski definition) is 5. The van der Waals surface area contributed by atoms with Crippen molar-refractivity contribution < 1.29 is 19.8 Å². The molecule has 1 aliphatic heterocycles. The van der Waals surface area contributed by atoms with Gasteiger partial charge in [-0.25, -0.2) is 0 Å². The number of benzene rings is 1. The predicted octanol–water partition coefficient (Wildman–Crippen LogP) is 4.57. The van der Waals surface area contributed by atoms with E-state index >= 15 is 0 Å². The minimum atomic E-state index is 0.261. The number of halogens is 2. The Kier molecular flexibility index (Phi) is 9.92. The van der Waals surface area contributed by atoms with E-state index in [1.54, 1.807) is 0 Å². The van der Waals surface area contributed by atoms with Gasteiger partial charge in [0, 0.05) is 24.0 Å². The molecule has 5 nitrogen and oxygen atoms in total. The Bertz CT molecular complexity index is 598. The maximum absolute atomic E-state index is 8.00. The second-order valence-electron chi connectivity index (χ2n) is 7.04. The summed E-state index contributed by atoms with van der Waals surface area (Å²) in [6, 6.07) is 6.15. The van der Waals surface area contributed by atoms with Crippen LogP contribution in [0.4, 0.5) is 0 Å². The van der Waals surface area contributed by atoms with Crippen LogP contribution >= 0.6 is 23.2 Å². The Labute approximate surface area is 165 Å². The molecule has 2 aliphatic rings. The highest BCUT2D eigenvalue weighted by Gasteiger charge is 2.61. The fourth-order valence-electron chi connectivity index (χ4n) is 3.25. The number of carbonyl (C=O) groups is 2. The van der Waals surface area contributed by atoms with Gasteiger partial charge in [-0.1, -0.05) is 29.3 Å². The van der Waals surface area contributed by atoms with Gasteiger partial charge in [-0.2, -0.15) is 0 Å². The van der Waals surface area contributed by atoms with Gasteiger partial charge in [0.25, 0.3) is 0 Å². The number of nitrogens with zero attached hydrogens (tertiary/aromatic N) is 1. The van der Waals surface area contributed by atoms with Crippen LogP contribution in [0.2, 0.25) is 10.0 Å². The van der Waals surface area contributed by atoms with Gasteiger partial charge in [-0.15, -0.1) is 0 Å². The smallest absolute Gasteiger partial charge is 0.113 e. The van der Waals surface area contributed by atoms with Crippen molar-refractivity contribution in [1.82, 2.24) is 4.90 Å². The first-order valence-corrected chi connectivity index (χ1v) is 8.72. The van der Waals surface area contributed by atoms with Gasteiger partial charge >= 0.3 is 0 Å². The molecule has 2 unspecified atom stereocenters. The van der Waals surface area contributed by atoms with E-state index in [2.05, 4.69) is 37.8 Å². The molecule has 0 bridgehead atoms. The van der Waals surface area contributed by atoms with Gasteiger partial charge in [-0.05, 0) is 50.8 Å². The zero-order valence-corrected chi connectivity index (χ0v) is 16.9. The van der Waals surface area contributed by atoms with Gasteiger partial charge < -0.3 is 19.8 Å². The SMILES string of the molecule is C=O.C=O.CC(C)(C)N1CC2CC2(c2ccc(Cl)c(Cl)c2)C1.O/C=C\O. The fourth-order valence-corrected chi connectivity index (χ4v) is 3.54. The van der Waals surface area contributed by atoms with E-state index in [-0.39, 0.29) is 5.54 Å². The van der Waals surface area contributed by atoms with Crippen molar-refractivity contribution in [2.45, 2.75) is 38.1 Å². The Morgan fingerprint density at radius 2 is 1.65 bits per heavy atom. The quantitative estimate of drug-likeness (QED) is 0.671. The molecule has 1 saturated heterocycles. The fraction of sp³-hybridized carbons (Fsp3) is 0.474. The number of likely N-dealkylation sites (tertiary alicyclic amines) is 1. The summed E-state index contributed by atoms with van der Waals surface area (Å²) in [5.41, 5.74) is 1.98. The van der Waals surface area contributed by atoms with E-state index in [1.807, 2.05) is 19.6 Å². The monoisotopic (exact) mass is 403 g/mol. The third kappa shape index (κ3) is 5.73. The molecule has 1 aromatic rings. The lowest BCUT2D eigenvalue weighted by Crippen LogP contribution is -2.42. The standard InChI is InChI=1S/C15H19Cl2N.C2H4O2.2CH2O/c1-14(2,3)18-8-11-7-15(11,9-18)10-4-5-12(16)13(17)6-10;3-1-2-4;2*1-2/h4-6,11H,7-9H2,1-3H3;1-4H;2*1H2/b;2-1-;;. The third-order valence-electron chi connectivity index (χ3n) is 4.66. The van der Waals surface area contributed by atoms with Crippen LogP contribution in [0.15, 0.2) is 30.7 Å². The number of rotatable bonds is 1. The van der Waals surface area contributed by atoms with Gasteiger partial charge in [0.15, 0.2) is 0 Å². The van der Waals surface area contributed by atoms with Crippen molar-refractivity contribution >= 4 is 36.8 Å². The molecule has 0 radical (unpaired) electrons. The molecule has 0 aromatic heterocycles. The molecule has 2 N–H and O–H groups in total. The van der Waals surface area contributed by atoms with Crippen LogP contribution < -0.4 is 0 Å². The van der Waals surface area contributed by atoms with Crippen LogP contribution in [-0.2, 0) is 15.0 Å². The van der Waals surface area contributed by atoms with E-state index < -0.39 is 0 Å². The normalized spacial score (nSPS) is 23.5. The highest BCUT2D eigenvalue weighted by molar-refractivity contribution is 6.42. The van der Waals surface area contributed by atoms with E-state index in [9.17, 15) is 0 Å². The van der Waals surface area contributed by atoms with E-state index in [0.717, 1.165) is 12.5 Å².